The number of nitrogens with one attached hydrogen (secondary N) is 2. The van der Waals surface area contributed by atoms with Crippen LogP contribution in [0.1, 0.15) is 27.7 Å². The van der Waals surface area contributed by atoms with Crippen molar-refractivity contribution in [3.63, 3.8) is 0 Å². The average molecular weight is 451 g/mol. The Morgan fingerprint density at radius 3 is 2.34 bits per heavy atom. The quantitative estimate of drug-likeness (QED) is 0.473. The summed E-state index contributed by atoms with van der Waals surface area (Å²) in [6, 6.07) is 17.9. The van der Waals surface area contributed by atoms with Crippen LogP contribution in [0.15, 0.2) is 71.7 Å². The Hall–Kier alpha value is -3.58. The molecule has 2 amide bonds. The normalized spacial score (nSPS) is 12.0. The number of benzene rings is 2. The van der Waals surface area contributed by atoms with E-state index >= 15 is 0 Å². The van der Waals surface area contributed by atoms with Crippen molar-refractivity contribution in [2.24, 2.45) is 0 Å². The van der Waals surface area contributed by atoms with E-state index in [0.29, 0.717) is 11.3 Å². The highest BCUT2D eigenvalue weighted by Gasteiger charge is 2.17. The molecule has 0 saturated carbocycles. The molecule has 0 aliphatic heterocycles. The molecule has 7 heteroatoms. The molecule has 3 rings (SSSR count). The van der Waals surface area contributed by atoms with Crippen molar-refractivity contribution in [2.45, 2.75) is 19.9 Å². The van der Waals surface area contributed by atoms with Gasteiger partial charge in [-0.25, -0.2) is 0 Å². The molecule has 0 saturated heterocycles. The summed E-state index contributed by atoms with van der Waals surface area (Å²) in [5, 5.41) is 7.54. The molecule has 0 fully saturated rings. The van der Waals surface area contributed by atoms with Crippen LogP contribution < -0.4 is 20.1 Å². The van der Waals surface area contributed by atoms with Gasteiger partial charge in [-0.1, -0.05) is 23.8 Å². The van der Waals surface area contributed by atoms with Crippen molar-refractivity contribution in [3.05, 3.63) is 87.7 Å². The third-order valence-corrected chi connectivity index (χ3v) is 5.39. The maximum atomic E-state index is 12.9. The third-order valence-electron chi connectivity index (χ3n) is 4.57. The number of methoxy groups -OCH3 is 1. The molecule has 2 aromatic carbocycles. The summed E-state index contributed by atoms with van der Waals surface area (Å²) in [4.78, 5) is 26.5. The molecule has 32 heavy (non-hydrogen) atoms. The van der Waals surface area contributed by atoms with Crippen molar-refractivity contribution in [1.29, 1.82) is 0 Å². The lowest BCUT2D eigenvalue weighted by molar-refractivity contribution is -0.118. The lowest BCUT2D eigenvalue weighted by atomic mass is 10.1. The Morgan fingerprint density at radius 2 is 1.72 bits per heavy atom. The summed E-state index contributed by atoms with van der Waals surface area (Å²) in [5.74, 6) is 0.690. The first kappa shape index (κ1) is 23.1. The minimum atomic E-state index is -0.385. The van der Waals surface area contributed by atoms with Gasteiger partial charge >= 0.3 is 0 Å². The number of hydrogen-bond donors (Lipinski definition) is 2. The summed E-state index contributed by atoms with van der Waals surface area (Å²) >= 11 is 1.48. The first-order valence-electron chi connectivity index (χ1n) is 10.2. The van der Waals surface area contributed by atoms with Gasteiger partial charge in [-0.05, 0) is 67.8 Å². The second-order valence-corrected chi connectivity index (χ2v) is 8.23. The topological polar surface area (TPSA) is 76.7 Å². The molecule has 1 unspecified atom stereocenters. The second kappa shape index (κ2) is 11.2. The Balaban J connectivity index is 1.65. The van der Waals surface area contributed by atoms with Crippen LogP contribution in [-0.4, -0.2) is 31.6 Å². The van der Waals surface area contributed by atoms with Gasteiger partial charge in [0, 0.05) is 10.4 Å². The Kier molecular flexibility index (Phi) is 8.05. The molecular formula is C25H26N2O4S. The van der Waals surface area contributed by atoms with Gasteiger partial charge in [-0.2, -0.15) is 0 Å². The highest BCUT2D eigenvalue weighted by atomic mass is 32.1. The predicted octanol–water partition coefficient (Wildman–Crippen LogP) is 4.42. The van der Waals surface area contributed by atoms with Crippen LogP contribution in [0, 0.1) is 6.92 Å². The number of thiophene rings is 1. The molecule has 166 valence electrons. The Morgan fingerprint density at radius 1 is 1.03 bits per heavy atom. The molecule has 3 aromatic rings. The minimum absolute atomic E-state index is 0.175. The molecule has 6 nitrogen and oxygen atoms in total. The summed E-state index contributed by atoms with van der Waals surface area (Å²) in [6.07, 6.45) is 1.67. The first-order valence-corrected chi connectivity index (χ1v) is 11.0. The fourth-order valence-corrected chi connectivity index (χ4v) is 3.47. The maximum Gasteiger partial charge on any atom is 0.268 e. The smallest absolute Gasteiger partial charge is 0.268 e. The van der Waals surface area contributed by atoms with Crippen LogP contribution in [0.25, 0.3) is 6.08 Å². The molecule has 1 aromatic heterocycles. The van der Waals surface area contributed by atoms with Gasteiger partial charge in [0.05, 0.1) is 13.2 Å². The Labute approximate surface area is 191 Å². The molecule has 1 heterocycles. The number of carbonyl (C=O) groups excluding carboxylic acids is 2. The summed E-state index contributed by atoms with van der Waals surface area (Å²) in [5.41, 5.74) is 1.71. The van der Waals surface area contributed by atoms with Gasteiger partial charge in [0.15, 0.2) is 0 Å². The number of hydrogen-bond acceptors (Lipinski definition) is 5. The van der Waals surface area contributed by atoms with E-state index in [0.717, 1.165) is 16.2 Å². The molecule has 2 N–H and O–H groups in total. The standard InChI is InChI=1S/C25H26N2O4S/c1-17-6-8-19(9-7-17)24(28)27-23(15-22-5-4-14-32-22)25(29)26-18(2)16-31-21-12-10-20(30-3)11-13-21/h4-15,18H,16H2,1-3H3,(H,26,29)(H,27,28)/b23-15-. The lowest BCUT2D eigenvalue weighted by Crippen LogP contribution is -2.41. The summed E-state index contributed by atoms with van der Waals surface area (Å²) in [7, 11) is 1.60. The summed E-state index contributed by atoms with van der Waals surface area (Å²) in [6.45, 7) is 4.06. The molecule has 0 spiro atoms. The van der Waals surface area contributed by atoms with Crippen molar-refractivity contribution in [3.8, 4) is 11.5 Å². The zero-order valence-electron chi connectivity index (χ0n) is 18.3. The van der Waals surface area contributed by atoms with Crippen LogP contribution in [0.4, 0.5) is 0 Å². The zero-order valence-corrected chi connectivity index (χ0v) is 19.1. The third kappa shape index (κ3) is 6.72. The summed E-state index contributed by atoms with van der Waals surface area (Å²) < 4.78 is 10.9. The molecule has 0 aliphatic carbocycles. The van der Waals surface area contributed by atoms with Gasteiger partial charge < -0.3 is 20.1 Å². The van der Waals surface area contributed by atoms with Gasteiger partial charge in [-0.15, -0.1) is 11.3 Å². The highest BCUT2D eigenvalue weighted by molar-refractivity contribution is 7.10. The van der Waals surface area contributed by atoms with Crippen LogP contribution in [-0.2, 0) is 4.79 Å². The van der Waals surface area contributed by atoms with Crippen molar-refractivity contribution < 1.29 is 19.1 Å². The van der Waals surface area contributed by atoms with E-state index in [4.69, 9.17) is 9.47 Å². The average Bonchev–Trinajstić information content (AvgIpc) is 3.31. The lowest BCUT2D eigenvalue weighted by Gasteiger charge is -2.17. The van der Waals surface area contributed by atoms with E-state index in [1.165, 1.54) is 11.3 Å². The molecular weight excluding hydrogens is 424 g/mol. The molecule has 0 aliphatic rings. The van der Waals surface area contributed by atoms with Crippen LogP contribution in [0.3, 0.4) is 0 Å². The van der Waals surface area contributed by atoms with Crippen molar-refractivity contribution in [1.82, 2.24) is 10.6 Å². The maximum absolute atomic E-state index is 12.9. The van der Waals surface area contributed by atoms with E-state index < -0.39 is 0 Å². The van der Waals surface area contributed by atoms with Crippen LogP contribution >= 0.6 is 11.3 Å². The van der Waals surface area contributed by atoms with E-state index in [-0.39, 0.29) is 30.2 Å². The second-order valence-electron chi connectivity index (χ2n) is 7.25. The molecule has 0 radical (unpaired) electrons. The SMILES string of the molecule is COc1ccc(OCC(C)NC(=O)/C(=C/c2cccs2)NC(=O)c2ccc(C)cc2)cc1. The first-order chi connectivity index (χ1) is 15.4. The monoisotopic (exact) mass is 450 g/mol. The fraction of sp³-hybridized carbons (Fsp3) is 0.200. The fourth-order valence-electron chi connectivity index (χ4n) is 2.81. The van der Waals surface area contributed by atoms with Crippen molar-refractivity contribution in [2.75, 3.05) is 13.7 Å². The van der Waals surface area contributed by atoms with Gasteiger partial charge in [0.1, 0.15) is 23.8 Å². The van der Waals surface area contributed by atoms with E-state index in [1.54, 1.807) is 49.6 Å². The minimum Gasteiger partial charge on any atom is -0.497 e. The molecule has 1 atom stereocenters. The number of amides is 2. The van der Waals surface area contributed by atoms with Crippen molar-refractivity contribution >= 4 is 29.2 Å². The van der Waals surface area contributed by atoms with Gasteiger partial charge in [0.2, 0.25) is 0 Å². The Bertz CT molecular complexity index is 1060. The number of aryl methyl sites for hydroxylation is 1. The number of carbonyl (C=O) groups is 2. The van der Waals surface area contributed by atoms with E-state index in [9.17, 15) is 9.59 Å². The largest absolute Gasteiger partial charge is 0.497 e. The predicted molar refractivity (Wildman–Crippen MR) is 127 cm³/mol. The number of ether oxygens (including phenoxy) is 2. The van der Waals surface area contributed by atoms with E-state index in [2.05, 4.69) is 10.6 Å². The van der Waals surface area contributed by atoms with Crippen LogP contribution in [0.5, 0.6) is 11.5 Å². The zero-order chi connectivity index (χ0) is 22.9. The molecule has 0 bridgehead atoms. The van der Waals surface area contributed by atoms with E-state index in [1.807, 2.05) is 43.5 Å². The highest BCUT2D eigenvalue weighted by Crippen LogP contribution is 2.17. The van der Waals surface area contributed by atoms with Gasteiger partial charge in [0.25, 0.3) is 11.8 Å². The van der Waals surface area contributed by atoms with Gasteiger partial charge in [-0.3, -0.25) is 9.59 Å². The van der Waals surface area contributed by atoms with Crippen LogP contribution in [0.2, 0.25) is 0 Å². The number of rotatable bonds is 9.